The number of carbonyl (C=O) groups is 1. The molecular formula is C18H22N2O3S. The number of aliphatic hydroxyl groups is 1. The third kappa shape index (κ3) is 4.35. The molecule has 0 spiro atoms. The lowest BCUT2D eigenvalue weighted by Gasteiger charge is -2.36. The summed E-state index contributed by atoms with van der Waals surface area (Å²) in [5, 5.41) is 15.4. The number of ether oxygens (including phenoxy) is 1. The van der Waals surface area contributed by atoms with Gasteiger partial charge in [0, 0.05) is 17.8 Å². The SMILES string of the molecule is O=C(NCc1cccs1)N1CCOC[C@@H]1C[C@@H](O)c1ccccc1. The Labute approximate surface area is 145 Å². The summed E-state index contributed by atoms with van der Waals surface area (Å²) in [5.41, 5.74) is 0.863. The van der Waals surface area contributed by atoms with Crippen molar-refractivity contribution >= 4 is 17.4 Å². The van der Waals surface area contributed by atoms with Crippen LogP contribution in [0, 0.1) is 0 Å². The van der Waals surface area contributed by atoms with Gasteiger partial charge in [-0.2, -0.15) is 0 Å². The molecule has 0 bridgehead atoms. The molecule has 0 radical (unpaired) electrons. The molecule has 2 atom stereocenters. The monoisotopic (exact) mass is 346 g/mol. The first-order chi connectivity index (χ1) is 11.7. The Morgan fingerprint density at radius 1 is 1.33 bits per heavy atom. The van der Waals surface area contributed by atoms with Crippen molar-refractivity contribution < 1.29 is 14.6 Å². The predicted molar refractivity (Wildman–Crippen MR) is 93.9 cm³/mol. The van der Waals surface area contributed by atoms with Crippen LogP contribution in [-0.4, -0.2) is 41.8 Å². The zero-order chi connectivity index (χ0) is 16.8. The smallest absolute Gasteiger partial charge is 0.318 e. The summed E-state index contributed by atoms with van der Waals surface area (Å²) in [6.45, 7) is 2.06. The van der Waals surface area contributed by atoms with Crippen LogP contribution in [0.1, 0.15) is 23.0 Å². The fourth-order valence-corrected chi connectivity index (χ4v) is 3.51. The summed E-state index contributed by atoms with van der Waals surface area (Å²) < 4.78 is 5.52. The van der Waals surface area contributed by atoms with Gasteiger partial charge in [-0.1, -0.05) is 36.4 Å². The topological polar surface area (TPSA) is 61.8 Å². The first kappa shape index (κ1) is 17.0. The lowest BCUT2D eigenvalue weighted by molar-refractivity contribution is -0.00697. The largest absolute Gasteiger partial charge is 0.388 e. The minimum atomic E-state index is -0.606. The number of hydrogen-bond acceptors (Lipinski definition) is 4. The highest BCUT2D eigenvalue weighted by Crippen LogP contribution is 2.22. The summed E-state index contributed by atoms with van der Waals surface area (Å²) in [6, 6.07) is 13.3. The van der Waals surface area contributed by atoms with Crippen molar-refractivity contribution in [3.05, 3.63) is 58.3 Å². The number of nitrogens with one attached hydrogen (secondary N) is 1. The highest BCUT2D eigenvalue weighted by atomic mass is 32.1. The molecular weight excluding hydrogens is 324 g/mol. The number of amides is 2. The zero-order valence-electron chi connectivity index (χ0n) is 13.4. The van der Waals surface area contributed by atoms with E-state index >= 15 is 0 Å². The van der Waals surface area contributed by atoms with Crippen molar-refractivity contribution in [3.8, 4) is 0 Å². The Morgan fingerprint density at radius 3 is 2.92 bits per heavy atom. The number of benzene rings is 1. The predicted octanol–water partition coefficient (Wildman–Crippen LogP) is 2.78. The molecule has 2 N–H and O–H groups in total. The molecule has 128 valence electrons. The van der Waals surface area contributed by atoms with Crippen LogP contribution in [0.4, 0.5) is 4.79 Å². The van der Waals surface area contributed by atoms with Gasteiger partial charge in [0.15, 0.2) is 0 Å². The molecule has 1 aliphatic rings. The van der Waals surface area contributed by atoms with Crippen LogP contribution in [0.3, 0.4) is 0 Å². The first-order valence-electron chi connectivity index (χ1n) is 8.11. The fourth-order valence-electron chi connectivity index (χ4n) is 2.86. The molecule has 1 saturated heterocycles. The second-order valence-electron chi connectivity index (χ2n) is 5.82. The Balaban J connectivity index is 1.59. The summed E-state index contributed by atoms with van der Waals surface area (Å²) in [5.74, 6) is 0. The van der Waals surface area contributed by atoms with Gasteiger partial charge in [0.25, 0.3) is 0 Å². The van der Waals surface area contributed by atoms with Crippen LogP contribution in [-0.2, 0) is 11.3 Å². The number of nitrogens with zero attached hydrogens (tertiary/aromatic N) is 1. The molecule has 3 rings (SSSR count). The van der Waals surface area contributed by atoms with Crippen molar-refractivity contribution in [1.29, 1.82) is 0 Å². The average molecular weight is 346 g/mol. The minimum Gasteiger partial charge on any atom is -0.388 e. The van der Waals surface area contributed by atoms with Gasteiger partial charge in [-0.3, -0.25) is 0 Å². The summed E-state index contributed by atoms with van der Waals surface area (Å²) >= 11 is 1.62. The van der Waals surface area contributed by atoms with Crippen molar-refractivity contribution in [2.45, 2.75) is 25.1 Å². The van der Waals surface area contributed by atoms with Crippen molar-refractivity contribution in [2.24, 2.45) is 0 Å². The van der Waals surface area contributed by atoms with Gasteiger partial charge >= 0.3 is 6.03 Å². The molecule has 2 heterocycles. The van der Waals surface area contributed by atoms with Crippen LogP contribution in [0.25, 0.3) is 0 Å². The maximum absolute atomic E-state index is 12.5. The average Bonchev–Trinajstić information content (AvgIpc) is 3.14. The van der Waals surface area contributed by atoms with E-state index in [1.54, 1.807) is 16.2 Å². The molecule has 2 aromatic rings. The lowest BCUT2D eigenvalue weighted by Crippen LogP contribution is -2.52. The number of aliphatic hydroxyl groups excluding tert-OH is 1. The molecule has 0 unspecified atom stereocenters. The third-order valence-electron chi connectivity index (χ3n) is 4.16. The number of thiophene rings is 1. The quantitative estimate of drug-likeness (QED) is 0.875. The van der Waals surface area contributed by atoms with Crippen LogP contribution in [0.15, 0.2) is 47.8 Å². The van der Waals surface area contributed by atoms with E-state index in [4.69, 9.17) is 4.74 Å². The van der Waals surface area contributed by atoms with E-state index in [9.17, 15) is 9.90 Å². The number of urea groups is 1. The van der Waals surface area contributed by atoms with Crippen LogP contribution in [0.5, 0.6) is 0 Å². The van der Waals surface area contributed by atoms with E-state index in [0.29, 0.717) is 32.7 Å². The number of hydrogen-bond donors (Lipinski definition) is 2. The third-order valence-corrected chi connectivity index (χ3v) is 5.04. The van der Waals surface area contributed by atoms with E-state index in [2.05, 4.69) is 5.32 Å². The maximum Gasteiger partial charge on any atom is 0.318 e. The van der Waals surface area contributed by atoms with Crippen molar-refractivity contribution in [2.75, 3.05) is 19.8 Å². The number of morpholine rings is 1. The van der Waals surface area contributed by atoms with Gasteiger partial charge in [0.1, 0.15) is 0 Å². The maximum atomic E-state index is 12.5. The molecule has 1 aliphatic heterocycles. The van der Waals surface area contributed by atoms with Gasteiger partial charge in [-0.25, -0.2) is 4.79 Å². The molecule has 24 heavy (non-hydrogen) atoms. The van der Waals surface area contributed by atoms with Crippen molar-refractivity contribution in [3.63, 3.8) is 0 Å². The zero-order valence-corrected chi connectivity index (χ0v) is 14.2. The second kappa shape index (κ2) is 8.28. The van der Waals surface area contributed by atoms with E-state index in [1.807, 2.05) is 47.8 Å². The highest BCUT2D eigenvalue weighted by molar-refractivity contribution is 7.09. The van der Waals surface area contributed by atoms with Gasteiger partial charge in [-0.05, 0) is 17.0 Å². The van der Waals surface area contributed by atoms with Gasteiger partial charge in [-0.15, -0.1) is 11.3 Å². The molecule has 6 heteroatoms. The van der Waals surface area contributed by atoms with E-state index in [0.717, 1.165) is 10.4 Å². The summed E-state index contributed by atoms with van der Waals surface area (Å²) in [4.78, 5) is 15.4. The van der Waals surface area contributed by atoms with Crippen LogP contribution in [0.2, 0.25) is 0 Å². The molecule has 5 nitrogen and oxygen atoms in total. The Hall–Kier alpha value is -1.89. The summed E-state index contributed by atoms with van der Waals surface area (Å²) in [7, 11) is 0. The Kier molecular flexibility index (Phi) is 5.85. The molecule has 2 amide bonds. The number of carbonyl (C=O) groups excluding carboxylic acids is 1. The van der Waals surface area contributed by atoms with Crippen molar-refractivity contribution in [1.82, 2.24) is 10.2 Å². The van der Waals surface area contributed by atoms with E-state index in [-0.39, 0.29) is 12.1 Å². The van der Waals surface area contributed by atoms with Gasteiger partial charge in [0.2, 0.25) is 0 Å². The van der Waals surface area contributed by atoms with Crippen LogP contribution >= 0.6 is 11.3 Å². The molecule has 0 aliphatic carbocycles. The van der Waals surface area contributed by atoms with E-state index in [1.165, 1.54) is 0 Å². The normalized spacial score (nSPS) is 19.0. The minimum absolute atomic E-state index is 0.100. The van der Waals surface area contributed by atoms with E-state index < -0.39 is 6.10 Å². The second-order valence-corrected chi connectivity index (χ2v) is 6.85. The molecule has 1 aromatic carbocycles. The number of rotatable bonds is 5. The molecule has 0 saturated carbocycles. The molecule has 1 aromatic heterocycles. The van der Waals surface area contributed by atoms with Crippen LogP contribution < -0.4 is 5.32 Å². The Bertz CT molecular complexity index is 633. The molecule has 1 fully saturated rings. The standard InChI is InChI=1S/C18H22N2O3S/c21-17(14-5-2-1-3-6-14)11-15-13-23-9-8-20(15)18(22)19-12-16-7-4-10-24-16/h1-7,10,15,17,21H,8-9,11-13H2,(H,19,22)/t15-,17+/m0/s1. The van der Waals surface area contributed by atoms with Gasteiger partial charge in [0.05, 0.1) is 31.9 Å². The summed E-state index contributed by atoms with van der Waals surface area (Å²) in [6.07, 6.45) is -0.137. The highest BCUT2D eigenvalue weighted by Gasteiger charge is 2.29. The fraction of sp³-hybridized carbons (Fsp3) is 0.389. The lowest BCUT2D eigenvalue weighted by atomic mass is 10.0. The first-order valence-corrected chi connectivity index (χ1v) is 8.99. The Morgan fingerprint density at radius 2 is 2.17 bits per heavy atom. The van der Waals surface area contributed by atoms with Gasteiger partial charge < -0.3 is 20.1 Å².